The highest BCUT2D eigenvalue weighted by molar-refractivity contribution is 6.58. The van der Waals surface area contributed by atoms with Crippen LogP contribution in [0.1, 0.15) is 25.5 Å². The Bertz CT molecular complexity index is 818. The number of rotatable bonds is 7. The van der Waals surface area contributed by atoms with E-state index in [1.54, 1.807) is 19.1 Å². The van der Waals surface area contributed by atoms with Crippen LogP contribution >= 0.6 is 0 Å². The van der Waals surface area contributed by atoms with Crippen molar-refractivity contribution in [3.8, 4) is 0 Å². The number of hydrogen-bond acceptors (Lipinski definition) is 7. The van der Waals surface area contributed by atoms with Crippen molar-refractivity contribution >= 4 is 30.6 Å². The van der Waals surface area contributed by atoms with Gasteiger partial charge in [-0.25, -0.2) is 14.4 Å². The van der Waals surface area contributed by atoms with Gasteiger partial charge in [0.1, 0.15) is 13.2 Å². The lowest BCUT2D eigenvalue weighted by atomic mass is 9.79. The van der Waals surface area contributed by atoms with Gasteiger partial charge in [-0.15, -0.1) is 0 Å². The van der Waals surface area contributed by atoms with E-state index in [-0.39, 0.29) is 29.8 Å². The fourth-order valence-electron chi connectivity index (χ4n) is 2.54. The van der Waals surface area contributed by atoms with Crippen LogP contribution < -0.4 is 16.1 Å². The van der Waals surface area contributed by atoms with Gasteiger partial charge in [-0.1, -0.05) is 30.8 Å². The predicted molar refractivity (Wildman–Crippen MR) is 100 cm³/mol. The molecule has 0 fully saturated rings. The summed E-state index contributed by atoms with van der Waals surface area (Å²) in [5, 5.41) is 23.5. The molecule has 0 aliphatic carbocycles. The van der Waals surface area contributed by atoms with Crippen LogP contribution in [0, 0.1) is 0 Å². The van der Waals surface area contributed by atoms with Gasteiger partial charge in [0.2, 0.25) is 0 Å². The third-order valence-corrected chi connectivity index (χ3v) is 3.96. The molecule has 0 aromatic heterocycles. The van der Waals surface area contributed by atoms with Gasteiger partial charge in [-0.05, 0) is 24.9 Å². The van der Waals surface area contributed by atoms with Gasteiger partial charge in [0.15, 0.2) is 0 Å². The van der Waals surface area contributed by atoms with Crippen LogP contribution in [0.5, 0.6) is 0 Å². The van der Waals surface area contributed by atoms with Gasteiger partial charge in [-0.3, -0.25) is 0 Å². The van der Waals surface area contributed by atoms with Crippen molar-refractivity contribution in [1.29, 1.82) is 0 Å². The molecule has 28 heavy (non-hydrogen) atoms. The first-order chi connectivity index (χ1) is 13.2. The van der Waals surface area contributed by atoms with E-state index in [0.29, 0.717) is 11.3 Å². The Kier molecular flexibility index (Phi) is 6.97. The number of ether oxygens (including phenoxy) is 2. The molecule has 1 atom stereocenters. The Hall–Kier alpha value is -3.11. The van der Waals surface area contributed by atoms with Crippen molar-refractivity contribution in [2.45, 2.75) is 19.9 Å². The molecular formula is C18H21BN2O7. The summed E-state index contributed by atoms with van der Waals surface area (Å²) in [5.41, 5.74) is 1.57. The van der Waals surface area contributed by atoms with Crippen molar-refractivity contribution in [3.63, 3.8) is 0 Å². The Morgan fingerprint density at radius 3 is 2.36 bits per heavy atom. The lowest BCUT2D eigenvalue weighted by Gasteiger charge is -2.28. The van der Waals surface area contributed by atoms with E-state index in [9.17, 15) is 24.4 Å². The molecule has 1 aromatic rings. The van der Waals surface area contributed by atoms with Crippen molar-refractivity contribution in [2.24, 2.45) is 0 Å². The van der Waals surface area contributed by atoms with Gasteiger partial charge in [0.25, 0.3) is 0 Å². The lowest BCUT2D eigenvalue weighted by Crippen LogP contribution is -2.45. The molecule has 1 aliphatic heterocycles. The number of esters is 2. The summed E-state index contributed by atoms with van der Waals surface area (Å²) in [6.45, 7) is 6.23. The molecule has 0 saturated heterocycles. The summed E-state index contributed by atoms with van der Waals surface area (Å²) < 4.78 is 10.0. The van der Waals surface area contributed by atoms with Crippen LogP contribution in [0.3, 0.4) is 0 Å². The molecule has 4 N–H and O–H groups in total. The van der Waals surface area contributed by atoms with E-state index in [0.717, 1.165) is 0 Å². The highest BCUT2D eigenvalue weighted by Crippen LogP contribution is 2.27. The van der Waals surface area contributed by atoms with E-state index in [1.165, 1.54) is 19.1 Å². The predicted octanol–water partition coefficient (Wildman–Crippen LogP) is -0.343. The molecule has 2 amide bonds. The standard InChI is InChI=1S/C18H21BN2O7/c1-10(2)16(22)27-8-9-28-17(23)14-11(3)20-18(24)21-15(14)12-4-6-13(7-5-12)19(25)26/h4-7,15,25-26H,1,8-9H2,2-3H3,(H2,20,21,24). The van der Waals surface area contributed by atoms with E-state index >= 15 is 0 Å². The maximum absolute atomic E-state index is 12.5. The molecule has 0 spiro atoms. The average Bonchev–Trinajstić information content (AvgIpc) is 2.64. The minimum absolute atomic E-state index is 0.128. The molecule has 148 valence electrons. The number of hydrogen-bond donors (Lipinski definition) is 4. The third-order valence-electron chi connectivity index (χ3n) is 3.96. The molecule has 1 aromatic carbocycles. The normalized spacial score (nSPS) is 16.0. The largest absolute Gasteiger partial charge is 0.488 e. The number of carbonyl (C=O) groups excluding carboxylic acids is 3. The number of amides is 2. The van der Waals surface area contributed by atoms with E-state index < -0.39 is 31.1 Å². The number of nitrogens with one attached hydrogen (secondary N) is 2. The fourth-order valence-corrected chi connectivity index (χ4v) is 2.54. The van der Waals surface area contributed by atoms with E-state index in [2.05, 4.69) is 17.2 Å². The molecular weight excluding hydrogens is 367 g/mol. The van der Waals surface area contributed by atoms with Crippen LogP contribution in [0.4, 0.5) is 4.79 Å². The molecule has 2 rings (SSSR count). The highest BCUT2D eigenvalue weighted by Gasteiger charge is 2.32. The zero-order valence-corrected chi connectivity index (χ0v) is 15.5. The Morgan fingerprint density at radius 2 is 1.79 bits per heavy atom. The zero-order valence-electron chi connectivity index (χ0n) is 15.5. The Balaban J connectivity index is 2.12. The average molecular weight is 388 g/mol. The molecule has 0 radical (unpaired) electrons. The topological polar surface area (TPSA) is 134 Å². The van der Waals surface area contributed by atoms with E-state index in [1.807, 2.05) is 0 Å². The van der Waals surface area contributed by atoms with Crippen LogP contribution in [0.2, 0.25) is 0 Å². The minimum atomic E-state index is -1.62. The number of urea groups is 1. The Labute approximate surface area is 162 Å². The summed E-state index contributed by atoms with van der Waals surface area (Å²) in [7, 11) is -1.62. The minimum Gasteiger partial charge on any atom is -0.459 e. The first kappa shape index (κ1) is 21.2. The second kappa shape index (κ2) is 9.20. The van der Waals surface area contributed by atoms with Gasteiger partial charge in [0, 0.05) is 11.3 Å². The maximum Gasteiger partial charge on any atom is 0.488 e. The van der Waals surface area contributed by atoms with Crippen LogP contribution in [0.25, 0.3) is 0 Å². The summed E-state index contributed by atoms with van der Waals surface area (Å²) >= 11 is 0. The van der Waals surface area contributed by atoms with Crippen molar-refractivity contribution in [2.75, 3.05) is 13.2 Å². The zero-order chi connectivity index (χ0) is 20.8. The number of benzene rings is 1. The lowest BCUT2D eigenvalue weighted by molar-refractivity contribution is -0.147. The van der Waals surface area contributed by atoms with Crippen molar-refractivity contribution in [1.82, 2.24) is 10.6 Å². The summed E-state index contributed by atoms with van der Waals surface area (Å²) in [6, 6.07) is 4.82. The van der Waals surface area contributed by atoms with Gasteiger partial charge in [0.05, 0.1) is 11.6 Å². The van der Waals surface area contributed by atoms with Crippen LogP contribution in [0.15, 0.2) is 47.7 Å². The SMILES string of the molecule is C=C(C)C(=O)OCCOC(=O)C1=C(C)NC(=O)NC1c1ccc(B(O)O)cc1. The smallest absolute Gasteiger partial charge is 0.459 e. The molecule has 1 heterocycles. The Morgan fingerprint density at radius 1 is 1.18 bits per heavy atom. The van der Waals surface area contributed by atoms with Crippen molar-refractivity contribution < 1.29 is 33.9 Å². The first-order valence-electron chi connectivity index (χ1n) is 8.44. The summed E-state index contributed by atoms with van der Waals surface area (Å²) in [5.74, 6) is -1.27. The second-order valence-corrected chi connectivity index (χ2v) is 6.16. The molecule has 1 unspecified atom stereocenters. The second-order valence-electron chi connectivity index (χ2n) is 6.16. The van der Waals surface area contributed by atoms with E-state index in [4.69, 9.17) is 9.47 Å². The quantitative estimate of drug-likeness (QED) is 0.217. The molecule has 0 saturated carbocycles. The first-order valence-corrected chi connectivity index (χ1v) is 8.44. The van der Waals surface area contributed by atoms with Crippen LogP contribution in [-0.4, -0.2) is 48.3 Å². The third kappa shape index (κ3) is 5.21. The monoisotopic (exact) mass is 388 g/mol. The molecule has 10 heteroatoms. The fraction of sp³-hybridized carbons (Fsp3) is 0.278. The summed E-state index contributed by atoms with van der Waals surface area (Å²) in [4.78, 5) is 35.7. The number of carbonyl (C=O) groups is 3. The maximum atomic E-state index is 12.5. The molecule has 1 aliphatic rings. The van der Waals surface area contributed by atoms with Gasteiger partial charge < -0.3 is 30.2 Å². The summed E-state index contributed by atoms with van der Waals surface area (Å²) in [6.07, 6.45) is 0. The van der Waals surface area contributed by atoms with Gasteiger partial charge >= 0.3 is 25.1 Å². The molecule has 0 bridgehead atoms. The van der Waals surface area contributed by atoms with Crippen LogP contribution in [-0.2, 0) is 19.1 Å². The van der Waals surface area contributed by atoms with Crippen molar-refractivity contribution in [3.05, 3.63) is 53.3 Å². The molecule has 9 nitrogen and oxygen atoms in total. The van der Waals surface area contributed by atoms with Gasteiger partial charge in [-0.2, -0.15) is 0 Å². The number of allylic oxidation sites excluding steroid dienone is 1. The highest BCUT2D eigenvalue weighted by atomic mass is 16.6.